The molecular weight excluding hydrogens is 468 g/mol. The van der Waals surface area contributed by atoms with Gasteiger partial charge in [0.25, 0.3) is 0 Å². The van der Waals surface area contributed by atoms with Gasteiger partial charge >= 0.3 is 0 Å². The van der Waals surface area contributed by atoms with E-state index < -0.39 is 11.6 Å². The molecule has 9 nitrogen and oxygen atoms in total. The van der Waals surface area contributed by atoms with E-state index in [2.05, 4.69) is 30.6 Å². The van der Waals surface area contributed by atoms with Gasteiger partial charge in [-0.25, -0.2) is 18.7 Å². The van der Waals surface area contributed by atoms with Crippen LogP contribution < -0.4 is 14.8 Å². The summed E-state index contributed by atoms with van der Waals surface area (Å²) in [7, 11) is 1.51. The van der Waals surface area contributed by atoms with Gasteiger partial charge in [-0.15, -0.1) is 0 Å². The summed E-state index contributed by atoms with van der Waals surface area (Å²) in [4.78, 5) is 9.03. The summed E-state index contributed by atoms with van der Waals surface area (Å²) in [5, 5.41) is 16.1. The van der Waals surface area contributed by atoms with Crippen LogP contribution in [0.5, 0.6) is 11.5 Å². The van der Waals surface area contributed by atoms with Crippen molar-refractivity contribution < 1.29 is 18.3 Å². The number of aromatic nitrogens is 6. The van der Waals surface area contributed by atoms with Gasteiger partial charge in [-0.3, -0.25) is 4.68 Å². The molecule has 5 aromatic rings. The molecule has 0 radical (unpaired) electrons. The number of methoxy groups -OCH3 is 1. The highest BCUT2D eigenvalue weighted by atomic mass is 19.1. The number of ether oxygens (including phenoxy) is 2. The van der Waals surface area contributed by atoms with E-state index in [1.165, 1.54) is 30.1 Å². The zero-order chi connectivity index (χ0) is 25.1. The molecular formula is C25H21F2N7O2. The first-order chi connectivity index (χ1) is 17.6. The highest BCUT2D eigenvalue weighted by Gasteiger charge is 2.20. The fourth-order valence-electron chi connectivity index (χ4n) is 3.77. The highest BCUT2D eigenvalue weighted by Crippen LogP contribution is 2.31. The Labute approximate surface area is 204 Å². The number of para-hydroxylation sites is 1. The molecule has 0 saturated heterocycles. The van der Waals surface area contributed by atoms with Gasteiger partial charge in [0.1, 0.15) is 23.1 Å². The Bertz CT molecular complexity index is 1500. The lowest BCUT2D eigenvalue weighted by atomic mass is 10.1. The summed E-state index contributed by atoms with van der Waals surface area (Å²) in [6.45, 7) is 1.92. The molecule has 0 unspecified atom stereocenters. The van der Waals surface area contributed by atoms with Crippen molar-refractivity contribution >= 4 is 22.4 Å². The molecule has 11 heteroatoms. The van der Waals surface area contributed by atoms with Crippen LogP contribution in [0.1, 0.15) is 12.5 Å². The number of hydrogen-bond acceptors (Lipinski definition) is 8. The number of halogens is 2. The number of anilines is 2. The zero-order valence-corrected chi connectivity index (χ0v) is 19.4. The average Bonchev–Trinajstić information content (AvgIpc) is 3.25. The summed E-state index contributed by atoms with van der Waals surface area (Å²) >= 11 is 0. The van der Waals surface area contributed by atoms with Gasteiger partial charge in [0, 0.05) is 23.1 Å². The van der Waals surface area contributed by atoms with Crippen LogP contribution in [0, 0.1) is 11.6 Å². The van der Waals surface area contributed by atoms with Crippen LogP contribution in [-0.4, -0.2) is 43.7 Å². The largest absolute Gasteiger partial charge is 0.494 e. The van der Waals surface area contributed by atoms with Gasteiger partial charge in [0.2, 0.25) is 0 Å². The molecule has 36 heavy (non-hydrogen) atoms. The Balaban J connectivity index is 1.56. The van der Waals surface area contributed by atoms with Crippen LogP contribution in [0.3, 0.4) is 0 Å². The van der Waals surface area contributed by atoms with Crippen LogP contribution in [0.25, 0.3) is 22.4 Å². The van der Waals surface area contributed by atoms with Gasteiger partial charge in [-0.1, -0.05) is 18.2 Å². The zero-order valence-electron chi connectivity index (χ0n) is 19.4. The van der Waals surface area contributed by atoms with Crippen molar-refractivity contribution in [2.45, 2.75) is 13.5 Å². The summed E-state index contributed by atoms with van der Waals surface area (Å²) in [6, 6.07) is 11.4. The van der Waals surface area contributed by atoms with Crippen LogP contribution in [0.15, 0.2) is 61.1 Å². The lowest BCUT2D eigenvalue weighted by molar-refractivity contribution is 0.335. The molecule has 3 heterocycles. The Morgan fingerprint density at radius 3 is 2.56 bits per heavy atom. The van der Waals surface area contributed by atoms with Crippen molar-refractivity contribution in [2.75, 3.05) is 19.0 Å². The van der Waals surface area contributed by atoms with E-state index in [0.29, 0.717) is 40.9 Å². The number of fused-ring (bicyclic) bond motifs is 1. The van der Waals surface area contributed by atoms with Crippen LogP contribution in [0.2, 0.25) is 0 Å². The average molecular weight is 489 g/mol. The predicted octanol–water partition coefficient (Wildman–Crippen LogP) is 4.76. The summed E-state index contributed by atoms with van der Waals surface area (Å²) < 4.78 is 41.7. The smallest absolute Gasteiger partial charge is 0.183 e. The van der Waals surface area contributed by atoms with Crippen LogP contribution in [0.4, 0.5) is 20.3 Å². The Hall–Kier alpha value is -4.67. The third-order valence-electron chi connectivity index (χ3n) is 5.43. The van der Waals surface area contributed by atoms with Gasteiger partial charge in [0.15, 0.2) is 17.4 Å². The maximum absolute atomic E-state index is 14.8. The third kappa shape index (κ3) is 4.50. The first kappa shape index (κ1) is 23.1. The van der Waals surface area contributed by atoms with Crippen molar-refractivity contribution in [2.24, 2.45) is 0 Å². The van der Waals surface area contributed by atoms with E-state index in [1.54, 1.807) is 25.4 Å². The standard InChI is InChI=1S/C25H21F2N7O2/c1-3-36-16-10-19(26)18(20(27)11-16)14-34-21-7-5-4-6-17(21)23(33-34)25-28-13-22(35-2)24(32-25)31-15-8-9-29-30-12-15/h4-13H,3,14H2,1-2H3,(H,28,29,31,32). The van der Waals surface area contributed by atoms with Gasteiger partial charge in [-0.05, 0) is 19.1 Å². The summed E-state index contributed by atoms with van der Waals surface area (Å²) in [5.41, 5.74) is 1.66. The fourth-order valence-corrected chi connectivity index (χ4v) is 3.77. The molecule has 0 saturated carbocycles. The second-order valence-corrected chi connectivity index (χ2v) is 7.69. The van der Waals surface area contributed by atoms with Gasteiger partial charge in [-0.2, -0.15) is 15.3 Å². The molecule has 0 atom stereocenters. The molecule has 5 rings (SSSR count). The SMILES string of the molecule is CCOc1cc(F)c(Cn2nc(-c3ncc(OC)c(Nc4ccnnc4)n3)c3ccccc32)c(F)c1. The minimum Gasteiger partial charge on any atom is -0.494 e. The van der Waals surface area contributed by atoms with Gasteiger partial charge < -0.3 is 14.8 Å². The molecule has 0 bridgehead atoms. The maximum atomic E-state index is 14.8. The second kappa shape index (κ2) is 9.90. The first-order valence-electron chi connectivity index (χ1n) is 11.1. The minimum absolute atomic E-state index is 0.124. The van der Waals surface area contributed by atoms with Crippen molar-refractivity contribution in [1.29, 1.82) is 0 Å². The topological polar surface area (TPSA) is 99.9 Å². The number of nitrogens with zero attached hydrogens (tertiary/aromatic N) is 6. The van der Waals surface area contributed by atoms with Crippen molar-refractivity contribution in [3.05, 3.63) is 78.3 Å². The minimum atomic E-state index is -0.710. The van der Waals surface area contributed by atoms with E-state index in [0.717, 1.165) is 5.39 Å². The van der Waals surface area contributed by atoms with E-state index in [4.69, 9.17) is 9.47 Å². The lowest BCUT2D eigenvalue weighted by Crippen LogP contribution is -2.07. The van der Waals surface area contributed by atoms with Crippen molar-refractivity contribution in [3.8, 4) is 23.0 Å². The summed E-state index contributed by atoms with van der Waals surface area (Å²) in [5.74, 6) is -0.160. The summed E-state index contributed by atoms with van der Waals surface area (Å²) in [6.07, 6.45) is 4.62. The Morgan fingerprint density at radius 1 is 1.03 bits per heavy atom. The predicted molar refractivity (Wildman–Crippen MR) is 129 cm³/mol. The molecule has 2 aromatic carbocycles. The normalized spacial score (nSPS) is 11.0. The van der Waals surface area contributed by atoms with Crippen LogP contribution in [-0.2, 0) is 6.54 Å². The molecule has 0 aliphatic rings. The molecule has 0 spiro atoms. The Morgan fingerprint density at radius 2 is 1.83 bits per heavy atom. The molecule has 1 N–H and O–H groups in total. The van der Waals surface area contributed by atoms with Crippen LogP contribution >= 0.6 is 0 Å². The number of benzene rings is 2. The number of nitrogens with one attached hydrogen (secondary N) is 1. The molecule has 0 fully saturated rings. The molecule has 0 aliphatic carbocycles. The van der Waals surface area contributed by atoms with E-state index >= 15 is 0 Å². The van der Waals surface area contributed by atoms with Crippen molar-refractivity contribution in [3.63, 3.8) is 0 Å². The number of rotatable bonds is 8. The van der Waals surface area contributed by atoms with Crippen molar-refractivity contribution in [1.82, 2.24) is 29.9 Å². The maximum Gasteiger partial charge on any atom is 0.183 e. The monoisotopic (exact) mass is 489 g/mol. The molecule has 182 valence electrons. The first-order valence-corrected chi connectivity index (χ1v) is 11.1. The third-order valence-corrected chi connectivity index (χ3v) is 5.43. The molecule has 0 aliphatic heterocycles. The number of hydrogen-bond donors (Lipinski definition) is 1. The molecule has 3 aromatic heterocycles. The van der Waals surface area contributed by atoms with E-state index in [-0.39, 0.29) is 17.9 Å². The molecule has 0 amide bonds. The second-order valence-electron chi connectivity index (χ2n) is 7.69. The van der Waals surface area contributed by atoms with Gasteiger partial charge in [0.05, 0.1) is 50.1 Å². The van der Waals surface area contributed by atoms with E-state index in [1.807, 2.05) is 24.3 Å². The Kier molecular flexibility index (Phi) is 6.35. The lowest BCUT2D eigenvalue weighted by Gasteiger charge is -2.10. The quantitative estimate of drug-likeness (QED) is 0.333. The fraction of sp³-hybridized carbons (Fsp3) is 0.160. The van der Waals surface area contributed by atoms with E-state index in [9.17, 15) is 8.78 Å². The highest BCUT2D eigenvalue weighted by molar-refractivity contribution is 5.92.